The van der Waals surface area contributed by atoms with E-state index in [9.17, 15) is 18.3 Å². The molecular formula is C21H25F3N2O3. The first-order chi connectivity index (χ1) is 13.9. The van der Waals surface area contributed by atoms with Gasteiger partial charge in [0.2, 0.25) is 0 Å². The van der Waals surface area contributed by atoms with Crippen molar-refractivity contribution < 1.29 is 27.8 Å². The molecule has 1 heterocycles. The van der Waals surface area contributed by atoms with Crippen LogP contribution in [0.15, 0.2) is 48.5 Å². The van der Waals surface area contributed by atoms with Crippen molar-refractivity contribution in [3.63, 3.8) is 0 Å². The van der Waals surface area contributed by atoms with Gasteiger partial charge in [-0.2, -0.15) is 0 Å². The fraction of sp³-hybridized carbons (Fsp3) is 0.429. The Morgan fingerprint density at radius 1 is 1.17 bits per heavy atom. The van der Waals surface area contributed by atoms with Gasteiger partial charge in [-0.1, -0.05) is 30.3 Å². The molecule has 0 aromatic heterocycles. The Balaban J connectivity index is 1.78. The summed E-state index contributed by atoms with van der Waals surface area (Å²) in [5.41, 5.74) is 1.68. The van der Waals surface area contributed by atoms with Gasteiger partial charge in [-0.15, -0.1) is 13.2 Å². The first-order valence-electron chi connectivity index (χ1n) is 9.46. The number of aliphatic hydroxyl groups excluding tert-OH is 1. The summed E-state index contributed by atoms with van der Waals surface area (Å²) in [5, 5.41) is 16.4. The summed E-state index contributed by atoms with van der Waals surface area (Å²) >= 11 is 0. The summed E-state index contributed by atoms with van der Waals surface area (Å²) in [5.74, 6) is 0.380. The smallest absolute Gasteiger partial charge is 0.496 e. The summed E-state index contributed by atoms with van der Waals surface area (Å²) in [6.07, 6.45) is -4.12. The van der Waals surface area contributed by atoms with Gasteiger partial charge in [-0.05, 0) is 36.1 Å². The molecule has 3 rings (SSSR count). The van der Waals surface area contributed by atoms with E-state index in [4.69, 9.17) is 4.74 Å². The van der Waals surface area contributed by atoms with E-state index in [0.29, 0.717) is 24.3 Å². The fourth-order valence-electron chi connectivity index (χ4n) is 3.84. The summed E-state index contributed by atoms with van der Waals surface area (Å²) in [4.78, 5) is 0. The van der Waals surface area contributed by atoms with Gasteiger partial charge < -0.3 is 25.2 Å². The zero-order valence-electron chi connectivity index (χ0n) is 16.1. The standard InChI is InChI=1S/C21H25F3N2O3/c1-28-18-8-7-17(29-21(22,23)24)11-16(18)13-26-20-15(9-10-27)12-25-19(20)14-5-3-2-4-6-14/h2-8,11,15,19-20,25-27H,9-10,12-13H2,1H3/t15-,19-,20-/m0/s1. The van der Waals surface area contributed by atoms with Crippen LogP contribution in [0.2, 0.25) is 0 Å². The molecule has 0 spiro atoms. The van der Waals surface area contributed by atoms with E-state index in [1.807, 2.05) is 30.3 Å². The second kappa shape index (κ2) is 9.47. The van der Waals surface area contributed by atoms with E-state index >= 15 is 0 Å². The molecule has 0 unspecified atom stereocenters. The van der Waals surface area contributed by atoms with Crippen LogP contribution in [0.3, 0.4) is 0 Å². The highest BCUT2D eigenvalue weighted by atomic mass is 19.4. The first kappa shape index (κ1) is 21.4. The molecule has 1 aliphatic heterocycles. The van der Waals surface area contributed by atoms with Crippen molar-refractivity contribution in [1.82, 2.24) is 10.6 Å². The van der Waals surface area contributed by atoms with Gasteiger partial charge in [0.25, 0.3) is 0 Å². The highest BCUT2D eigenvalue weighted by molar-refractivity contribution is 5.40. The van der Waals surface area contributed by atoms with Crippen LogP contribution in [0.1, 0.15) is 23.6 Å². The molecule has 158 valence electrons. The van der Waals surface area contributed by atoms with E-state index in [1.165, 1.54) is 25.3 Å². The Bertz CT molecular complexity index is 786. The van der Waals surface area contributed by atoms with Crippen LogP contribution in [0.25, 0.3) is 0 Å². The number of hydrogen-bond donors (Lipinski definition) is 3. The average Bonchev–Trinajstić information content (AvgIpc) is 3.09. The normalized spacial score (nSPS) is 21.9. The molecule has 0 aliphatic carbocycles. The van der Waals surface area contributed by atoms with Crippen molar-refractivity contribution in [2.45, 2.75) is 31.4 Å². The Morgan fingerprint density at radius 3 is 2.59 bits per heavy atom. The molecular weight excluding hydrogens is 385 g/mol. The molecule has 0 bridgehead atoms. The maximum atomic E-state index is 12.6. The third-order valence-electron chi connectivity index (χ3n) is 5.14. The topological polar surface area (TPSA) is 62.8 Å². The maximum Gasteiger partial charge on any atom is 0.573 e. The minimum atomic E-state index is -4.75. The summed E-state index contributed by atoms with van der Waals surface area (Å²) in [7, 11) is 1.47. The van der Waals surface area contributed by atoms with Crippen molar-refractivity contribution >= 4 is 0 Å². The molecule has 0 amide bonds. The van der Waals surface area contributed by atoms with Gasteiger partial charge in [0.05, 0.1) is 7.11 Å². The third kappa shape index (κ3) is 5.62. The summed E-state index contributed by atoms with van der Waals surface area (Å²) < 4.78 is 47.0. The predicted octanol–water partition coefficient (Wildman–Crippen LogP) is 3.40. The molecule has 3 N–H and O–H groups in total. The van der Waals surface area contributed by atoms with E-state index in [1.54, 1.807) is 0 Å². The van der Waals surface area contributed by atoms with E-state index < -0.39 is 6.36 Å². The quantitative estimate of drug-likeness (QED) is 0.623. The molecule has 29 heavy (non-hydrogen) atoms. The molecule has 1 aliphatic rings. The monoisotopic (exact) mass is 410 g/mol. The largest absolute Gasteiger partial charge is 0.573 e. The zero-order valence-corrected chi connectivity index (χ0v) is 16.1. The average molecular weight is 410 g/mol. The van der Waals surface area contributed by atoms with Gasteiger partial charge in [0.15, 0.2) is 0 Å². The van der Waals surface area contributed by atoms with Crippen LogP contribution < -0.4 is 20.1 Å². The van der Waals surface area contributed by atoms with Crippen molar-refractivity contribution in [1.29, 1.82) is 0 Å². The number of rotatable bonds is 8. The lowest BCUT2D eigenvalue weighted by Gasteiger charge is -2.26. The number of halogens is 3. The van der Waals surface area contributed by atoms with Gasteiger partial charge in [0, 0.05) is 37.3 Å². The number of methoxy groups -OCH3 is 1. The lowest BCUT2D eigenvalue weighted by Crippen LogP contribution is -2.38. The second-order valence-corrected chi connectivity index (χ2v) is 7.00. The Kier molecular flexibility index (Phi) is 7.00. The minimum absolute atomic E-state index is 0.00134. The molecule has 1 saturated heterocycles. The summed E-state index contributed by atoms with van der Waals surface area (Å²) in [6, 6.07) is 14.0. The van der Waals surface area contributed by atoms with Gasteiger partial charge >= 0.3 is 6.36 Å². The van der Waals surface area contributed by atoms with Crippen molar-refractivity contribution in [3.8, 4) is 11.5 Å². The molecule has 5 nitrogen and oxygen atoms in total. The molecule has 0 radical (unpaired) electrons. The van der Waals surface area contributed by atoms with Crippen LogP contribution in [0, 0.1) is 5.92 Å². The van der Waals surface area contributed by atoms with E-state index in [-0.39, 0.29) is 30.4 Å². The first-order valence-corrected chi connectivity index (χ1v) is 9.46. The minimum Gasteiger partial charge on any atom is -0.496 e. The highest BCUT2D eigenvalue weighted by Gasteiger charge is 2.36. The van der Waals surface area contributed by atoms with Gasteiger partial charge in [0.1, 0.15) is 11.5 Å². The van der Waals surface area contributed by atoms with Crippen molar-refractivity contribution in [2.75, 3.05) is 20.3 Å². The Morgan fingerprint density at radius 2 is 1.93 bits per heavy atom. The van der Waals surface area contributed by atoms with Crippen molar-refractivity contribution in [3.05, 3.63) is 59.7 Å². The SMILES string of the molecule is COc1ccc(OC(F)(F)F)cc1CN[C@H]1[C@@H](CCO)CN[C@H]1c1ccccc1. The number of alkyl halides is 3. The van der Waals surface area contributed by atoms with Crippen LogP contribution in [0.4, 0.5) is 13.2 Å². The summed E-state index contributed by atoms with van der Waals surface area (Å²) in [6.45, 7) is 1.12. The number of nitrogens with one attached hydrogen (secondary N) is 2. The van der Waals surface area contributed by atoms with Crippen LogP contribution in [-0.4, -0.2) is 37.8 Å². The molecule has 3 atom stereocenters. The predicted molar refractivity (Wildman–Crippen MR) is 103 cm³/mol. The molecule has 0 saturated carbocycles. The fourth-order valence-corrected chi connectivity index (χ4v) is 3.84. The second-order valence-electron chi connectivity index (χ2n) is 7.00. The number of benzene rings is 2. The molecule has 2 aromatic rings. The molecule has 8 heteroatoms. The molecule has 2 aromatic carbocycles. The van der Waals surface area contributed by atoms with Crippen LogP contribution in [0.5, 0.6) is 11.5 Å². The lowest BCUT2D eigenvalue weighted by molar-refractivity contribution is -0.274. The lowest BCUT2D eigenvalue weighted by atomic mass is 9.91. The zero-order chi connectivity index (χ0) is 20.9. The van der Waals surface area contributed by atoms with E-state index in [2.05, 4.69) is 15.4 Å². The maximum absolute atomic E-state index is 12.6. The van der Waals surface area contributed by atoms with Gasteiger partial charge in [-0.25, -0.2) is 0 Å². The van der Waals surface area contributed by atoms with E-state index in [0.717, 1.165) is 12.1 Å². The third-order valence-corrected chi connectivity index (χ3v) is 5.14. The van der Waals surface area contributed by atoms with Crippen molar-refractivity contribution in [2.24, 2.45) is 5.92 Å². The van der Waals surface area contributed by atoms with Crippen LogP contribution in [-0.2, 0) is 6.54 Å². The number of ether oxygens (including phenoxy) is 2. The Hall–Kier alpha value is -2.29. The Labute approximate surface area is 167 Å². The number of hydrogen-bond acceptors (Lipinski definition) is 5. The van der Waals surface area contributed by atoms with Gasteiger partial charge in [-0.3, -0.25) is 0 Å². The molecule has 1 fully saturated rings. The van der Waals surface area contributed by atoms with Crippen LogP contribution >= 0.6 is 0 Å². The number of aliphatic hydroxyl groups is 1. The highest BCUT2D eigenvalue weighted by Crippen LogP contribution is 2.32.